The van der Waals surface area contributed by atoms with E-state index in [1.807, 2.05) is 13.8 Å². The molecule has 1 fully saturated rings. The van der Waals surface area contributed by atoms with E-state index in [9.17, 15) is 4.79 Å². The van der Waals surface area contributed by atoms with Gasteiger partial charge >= 0.3 is 5.97 Å². The van der Waals surface area contributed by atoms with E-state index >= 15 is 0 Å². The van der Waals surface area contributed by atoms with E-state index in [1.54, 1.807) is 0 Å². The summed E-state index contributed by atoms with van der Waals surface area (Å²) in [6, 6.07) is 0. The molecule has 1 aliphatic rings. The van der Waals surface area contributed by atoms with Gasteiger partial charge in [-0.15, -0.1) is 0 Å². The Balaban J connectivity index is 2.50. The van der Waals surface area contributed by atoms with Crippen LogP contribution in [-0.2, 0) is 14.3 Å². The van der Waals surface area contributed by atoms with Crippen LogP contribution < -0.4 is 5.32 Å². The second kappa shape index (κ2) is 7.41. The van der Waals surface area contributed by atoms with Crippen LogP contribution in [0, 0.1) is 5.41 Å². The molecule has 1 rings (SSSR count). The Labute approximate surface area is 123 Å². The lowest BCUT2D eigenvalue weighted by molar-refractivity contribution is -0.151. The van der Waals surface area contributed by atoms with Crippen molar-refractivity contribution < 1.29 is 14.3 Å². The average molecular weight is 285 g/mol. The van der Waals surface area contributed by atoms with Gasteiger partial charge in [0.2, 0.25) is 0 Å². The van der Waals surface area contributed by atoms with E-state index in [0.29, 0.717) is 12.0 Å². The molecular formula is C16H31NO3. The Morgan fingerprint density at radius 1 is 1.35 bits per heavy atom. The van der Waals surface area contributed by atoms with Gasteiger partial charge in [-0.3, -0.25) is 4.79 Å². The van der Waals surface area contributed by atoms with Crippen molar-refractivity contribution in [3.63, 3.8) is 0 Å². The molecule has 0 amide bonds. The van der Waals surface area contributed by atoms with Gasteiger partial charge < -0.3 is 14.8 Å². The summed E-state index contributed by atoms with van der Waals surface area (Å²) < 4.78 is 11.2. The van der Waals surface area contributed by atoms with Crippen LogP contribution in [0.4, 0.5) is 0 Å². The molecular weight excluding hydrogens is 254 g/mol. The van der Waals surface area contributed by atoms with Gasteiger partial charge in [0.1, 0.15) is 5.54 Å². The number of likely N-dealkylation sites (N-methyl/N-ethyl adjacent to an activating group) is 1. The van der Waals surface area contributed by atoms with Crippen molar-refractivity contribution in [2.75, 3.05) is 19.8 Å². The highest BCUT2D eigenvalue weighted by molar-refractivity contribution is 5.81. The smallest absolute Gasteiger partial charge is 0.326 e. The van der Waals surface area contributed by atoms with Crippen molar-refractivity contribution in [2.45, 2.75) is 71.9 Å². The van der Waals surface area contributed by atoms with Gasteiger partial charge in [-0.05, 0) is 38.1 Å². The maximum absolute atomic E-state index is 12.2. The molecule has 118 valence electrons. The molecule has 0 heterocycles. The van der Waals surface area contributed by atoms with Gasteiger partial charge in [-0.2, -0.15) is 0 Å². The van der Waals surface area contributed by atoms with Crippen LogP contribution in [0.2, 0.25) is 0 Å². The zero-order valence-corrected chi connectivity index (χ0v) is 13.8. The maximum Gasteiger partial charge on any atom is 0.326 e. The number of hydrogen-bond acceptors (Lipinski definition) is 4. The third-order valence-electron chi connectivity index (χ3n) is 3.86. The van der Waals surface area contributed by atoms with E-state index in [-0.39, 0.29) is 12.1 Å². The Kier molecular flexibility index (Phi) is 6.46. The fourth-order valence-electron chi connectivity index (χ4n) is 2.70. The van der Waals surface area contributed by atoms with E-state index in [1.165, 1.54) is 0 Å². The van der Waals surface area contributed by atoms with E-state index in [0.717, 1.165) is 38.8 Å². The molecule has 0 aromatic carbocycles. The van der Waals surface area contributed by atoms with E-state index in [2.05, 4.69) is 26.1 Å². The first kappa shape index (κ1) is 17.4. The SMILES string of the molecule is CCNC1(C(=O)OCC)CCC(OCCC(C)(C)C)C1. The predicted octanol–water partition coefficient (Wildman–Crippen LogP) is 2.90. The van der Waals surface area contributed by atoms with E-state index < -0.39 is 5.54 Å². The second-order valence-electron chi connectivity index (χ2n) is 6.88. The fourth-order valence-corrected chi connectivity index (χ4v) is 2.70. The average Bonchev–Trinajstić information content (AvgIpc) is 2.73. The Morgan fingerprint density at radius 3 is 2.60 bits per heavy atom. The number of rotatable bonds is 7. The molecule has 20 heavy (non-hydrogen) atoms. The van der Waals surface area contributed by atoms with Gasteiger partial charge in [-0.1, -0.05) is 27.7 Å². The second-order valence-corrected chi connectivity index (χ2v) is 6.88. The number of hydrogen-bond donors (Lipinski definition) is 1. The van der Waals surface area contributed by atoms with Crippen molar-refractivity contribution in [1.82, 2.24) is 5.32 Å². The lowest BCUT2D eigenvalue weighted by Crippen LogP contribution is -2.51. The van der Waals surface area contributed by atoms with Crippen molar-refractivity contribution in [1.29, 1.82) is 0 Å². The molecule has 2 atom stereocenters. The van der Waals surface area contributed by atoms with Gasteiger partial charge in [-0.25, -0.2) is 0 Å². The predicted molar refractivity (Wildman–Crippen MR) is 80.7 cm³/mol. The molecule has 1 aliphatic carbocycles. The third kappa shape index (κ3) is 5.06. The summed E-state index contributed by atoms with van der Waals surface area (Å²) in [5, 5.41) is 3.32. The number of ether oxygens (including phenoxy) is 2. The summed E-state index contributed by atoms with van der Waals surface area (Å²) in [4.78, 5) is 12.2. The molecule has 0 bridgehead atoms. The van der Waals surface area contributed by atoms with Crippen LogP contribution in [0.5, 0.6) is 0 Å². The summed E-state index contributed by atoms with van der Waals surface area (Å²) in [5.41, 5.74) is -0.240. The molecule has 0 radical (unpaired) electrons. The number of esters is 1. The molecule has 0 aromatic rings. The van der Waals surface area contributed by atoms with Crippen molar-refractivity contribution in [3.05, 3.63) is 0 Å². The van der Waals surface area contributed by atoms with Gasteiger partial charge in [0.15, 0.2) is 0 Å². The first-order valence-corrected chi connectivity index (χ1v) is 7.87. The highest BCUT2D eigenvalue weighted by Gasteiger charge is 2.46. The van der Waals surface area contributed by atoms with Gasteiger partial charge in [0.25, 0.3) is 0 Å². The molecule has 4 nitrogen and oxygen atoms in total. The highest BCUT2D eigenvalue weighted by atomic mass is 16.5. The van der Waals surface area contributed by atoms with Crippen molar-refractivity contribution >= 4 is 5.97 Å². The van der Waals surface area contributed by atoms with Crippen LogP contribution in [-0.4, -0.2) is 37.4 Å². The quantitative estimate of drug-likeness (QED) is 0.731. The minimum Gasteiger partial charge on any atom is -0.465 e. The standard InChI is InChI=1S/C16H31NO3/c1-6-17-16(14(18)19-7-2)9-8-13(12-16)20-11-10-15(3,4)5/h13,17H,6-12H2,1-5H3. The summed E-state index contributed by atoms with van der Waals surface area (Å²) >= 11 is 0. The number of carbonyl (C=O) groups excluding carboxylic acids is 1. The number of carbonyl (C=O) groups is 1. The summed E-state index contributed by atoms with van der Waals surface area (Å²) in [7, 11) is 0. The maximum atomic E-state index is 12.2. The van der Waals surface area contributed by atoms with Crippen LogP contribution in [0.15, 0.2) is 0 Å². The Hall–Kier alpha value is -0.610. The summed E-state index contributed by atoms with van der Waals surface area (Å²) in [6.45, 7) is 12.5. The molecule has 0 spiro atoms. The highest BCUT2D eigenvalue weighted by Crippen LogP contribution is 2.33. The third-order valence-corrected chi connectivity index (χ3v) is 3.86. The topological polar surface area (TPSA) is 47.6 Å². The van der Waals surface area contributed by atoms with Crippen molar-refractivity contribution in [3.8, 4) is 0 Å². The summed E-state index contributed by atoms with van der Waals surface area (Å²) in [6.07, 6.45) is 3.66. The zero-order valence-electron chi connectivity index (χ0n) is 13.8. The lowest BCUT2D eigenvalue weighted by atomic mass is 9.93. The van der Waals surface area contributed by atoms with Crippen molar-refractivity contribution in [2.24, 2.45) is 5.41 Å². The molecule has 4 heteroatoms. The molecule has 0 aromatic heterocycles. The molecule has 1 saturated carbocycles. The van der Waals surface area contributed by atoms with E-state index in [4.69, 9.17) is 9.47 Å². The van der Waals surface area contributed by atoms with Gasteiger partial charge in [0, 0.05) is 13.0 Å². The normalized spacial score (nSPS) is 26.8. The lowest BCUT2D eigenvalue weighted by Gasteiger charge is -2.28. The first-order chi connectivity index (χ1) is 9.33. The largest absolute Gasteiger partial charge is 0.465 e. The molecule has 0 aliphatic heterocycles. The minimum absolute atomic E-state index is 0.122. The van der Waals surface area contributed by atoms with Crippen LogP contribution in [0.3, 0.4) is 0 Å². The molecule has 0 saturated heterocycles. The Bertz CT molecular complexity index is 311. The monoisotopic (exact) mass is 285 g/mol. The first-order valence-electron chi connectivity index (χ1n) is 7.87. The van der Waals surface area contributed by atoms with Gasteiger partial charge in [0.05, 0.1) is 12.7 Å². The minimum atomic E-state index is -0.531. The van der Waals surface area contributed by atoms with Crippen LogP contribution >= 0.6 is 0 Å². The molecule has 1 N–H and O–H groups in total. The Morgan fingerprint density at radius 2 is 2.05 bits per heavy atom. The molecule has 2 unspecified atom stereocenters. The number of nitrogens with one attached hydrogen (secondary N) is 1. The summed E-state index contributed by atoms with van der Waals surface area (Å²) in [5.74, 6) is -0.122. The zero-order chi connectivity index (χ0) is 15.2. The van der Waals surface area contributed by atoms with Crippen LogP contribution in [0.1, 0.15) is 60.3 Å². The fraction of sp³-hybridized carbons (Fsp3) is 0.938. The van der Waals surface area contributed by atoms with Crippen LogP contribution in [0.25, 0.3) is 0 Å².